The van der Waals surface area contributed by atoms with Crippen LogP contribution < -0.4 is 0 Å². The summed E-state index contributed by atoms with van der Waals surface area (Å²) in [6, 6.07) is 0. The zero-order chi connectivity index (χ0) is 23.1. The summed E-state index contributed by atoms with van der Waals surface area (Å²) in [4.78, 5) is 0. The summed E-state index contributed by atoms with van der Waals surface area (Å²) >= 11 is 0. The Kier molecular flexibility index (Phi) is 10.7. The van der Waals surface area contributed by atoms with Crippen LogP contribution in [0, 0.1) is 23.7 Å². The summed E-state index contributed by atoms with van der Waals surface area (Å²) in [5.74, 6) is 1.46. The molecule has 1 saturated heterocycles. The van der Waals surface area contributed by atoms with E-state index < -0.39 is 0 Å². The number of hydrogen-bond donors (Lipinski definition) is 1. The molecule has 1 N–H and O–H groups in total. The molecular formula is C25H44O6. The Morgan fingerprint density at radius 2 is 1.77 bits per heavy atom. The summed E-state index contributed by atoms with van der Waals surface area (Å²) in [6.07, 6.45) is 7.96. The Morgan fingerprint density at radius 1 is 1.06 bits per heavy atom. The van der Waals surface area contributed by atoms with E-state index in [0.29, 0.717) is 24.2 Å². The molecule has 0 radical (unpaired) electrons. The topological polar surface area (TPSA) is 66.4 Å². The Morgan fingerprint density at radius 3 is 2.32 bits per heavy atom. The van der Waals surface area contributed by atoms with Gasteiger partial charge in [-0.15, -0.1) is 0 Å². The van der Waals surface area contributed by atoms with Crippen LogP contribution in [-0.2, 0) is 23.7 Å². The lowest BCUT2D eigenvalue weighted by Gasteiger charge is -2.40. The number of hydrogen-bond acceptors (Lipinski definition) is 6. The Labute approximate surface area is 188 Å². The molecule has 0 spiro atoms. The molecule has 1 saturated carbocycles. The molecule has 0 aromatic carbocycles. The van der Waals surface area contributed by atoms with Gasteiger partial charge in [-0.1, -0.05) is 39.0 Å². The maximum Gasteiger partial charge on any atom is 0.160 e. The van der Waals surface area contributed by atoms with Crippen LogP contribution in [0.4, 0.5) is 0 Å². The molecule has 2 rings (SSSR count). The third-order valence-corrected chi connectivity index (χ3v) is 7.28. The van der Waals surface area contributed by atoms with Gasteiger partial charge in [-0.2, -0.15) is 0 Å². The van der Waals surface area contributed by atoms with Crippen LogP contribution >= 0.6 is 0 Å². The summed E-state index contributed by atoms with van der Waals surface area (Å²) in [6.45, 7) is 8.51. The highest BCUT2D eigenvalue weighted by Crippen LogP contribution is 2.49. The van der Waals surface area contributed by atoms with Gasteiger partial charge >= 0.3 is 0 Å². The lowest BCUT2D eigenvalue weighted by molar-refractivity contribution is -0.241. The molecule has 1 heterocycles. The molecule has 0 amide bonds. The highest BCUT2D eigenvalue weighted by atomic mass is 16.7. The van der Waals surface area contributed by atoms with Gasteiger partial charge in [-0.3, -0.25) is 0 Å². The predicted octanol–water partition coefficient (Wildman–Crippen LogP) is 3.97. The number of ether oxygens (including phenoxy) is 5. The lowest BCUT2D eigenvalue weighted by atomic mass is 9.91. The summed E-state index contributed by atoms with van der Waals surface area (Å²) in [7, 11) is 6.80. The van der Waals surface area contributed by atoms with Gasteiger partial charge < -0.3 is 28.8 Å². The van der Waals surface area contributed by atoms with Crippen LogP contribution in [0.15, 0.2) is 23.8 Å². The van der Waals surface area contributed by atoms with Gasteiger partial charge in [0.05, 0.1) is 18.3 Å². The van der Waals surface area contributed by atoms with Crippen LogP contribution in [0.25, 0.3) is 0 Å². The van der Waals surface area contributed by atoms with Gasteiger partial charge in [-0.25, -0.2) is 0 Å². The minimum absolute atomic E-state index is 0.0813. The van der Waals surface area contributed by atoms with E-state index in [9.17, 15) is 5.11 Å². The average molecular weight is 441 g/mol. The SMILES string of the molecule is CC[C@H](OC)[C@@H](C)[C@H]1CC1[C@H](O)[C@@H](C)/C=C/C=C(\C)[C@@H]1O[C@@H](OC)C[C@H](OC)[C@@H]1OC. The van der Waals surface area contributed by atoms with Crippen molar-refractivity contribution < 1.29 is 28.8 Å². The Hall–Kier alpha value is -0.760. The third kappa shape index (κ3) is 6.62. The van der Waals surface area contributed by atoms with Crippen molar-refractivity contribution in [3.63, 3.8) is 0 Å². The van der Waals surface area contributed by atoms with Crippen molar-refractivity contribution in [3.05, 3.63) is 23.8 Å². The minimum atomic E-state index is -0.333. The Bertz CT molecular complexity index is 587. The first-order valence-corrected chi connectivity index (χ1v) is 11.6. The first kappa shape index (κ1) is 26.5. The molecule has 180 valence electrons. The van der Waals surface area contributed by atoms with Gasteiger partial charge in [0.15, 0.2) is 6.29 Å². The van der Waals surface area contributed by atoms with E-state index in [4.69, 9.17) is 23.7 Å². The molecule has 6 nitrogen and oxygen atoms in total. The highest BCUT2D eigenvalue weighted by Gasteiger charge is 2.48. The fourth-order valence-corrected chi connectivity index (χ4v) is 5.08. The third-order valence-electron chi connectivity index (χ3n) is 7.28. The van der Waals surface area contributed by atoms with Crippen molar-refractivity contribution in [2.24, 2.45) is 23.7 Å². The summed E-state index contributed by atoms with van der Waals surface area (Å²) in [5, 5.41) is 10.8. The van der Waals surface area contributed by atoms with Crippen molar-refractivity contribution >= 4 is 0 Å². The second-order valence-electron chi connectivity index (χ2n) is 9.18. The van der Waals surface area contributed by atoms with Gasteiger partial charge in [0.2, 0.25) is 0 Å². The standard InChI is InChI=1S/C25H44O6/c1-9-20(27-5)17(4)18-13-19(18)23(26)15(2)11-10-12-16(3)24-25(30-8)21(28-6)14-22(29-7)31-24/h10-12,15,17-26H,9,13-14H2,1-8H3/b11-10+,16-12+/t15-,17-,18+,19?,20-,21-,22+,23+,24-,25-/m0/s1. The second-order valence-corrected chi connectivity index (χ2v) is 9.18. The molecule has 0 aromatic heterocycles. The van der Waals surface area contributed by atoms with E-state index in [0.717, 1.165) is 18.4 Å². The number of allylic oxidation sites excluding steroid dienone is 2. The molecule has 1 unspecified atom stereocenters. The van der Waals surface area contributed by atoms with Crippen molar-refractivity contribution in [1.82, 2.24) is 0 Å². The Balaban J connectivity index is 1.96. The van der Waals surface area contributed by atoms with Crippen molar-refractivity contribution in [2.75, 3.05) is 28.4 Å². The zero-order valence-corrected chi connectivity index (χ0v) is 20.6. The largest absolute Gasteiger partial charge is 0.392 e. The maximum atomic E-state index is 10.8. The van der Waals surface area contributed by atoms with E-state index >= 15 is 0 Å². The lowest BCUT2D eigenvalue weighted by Crippen LogP contribution is -2.51. The smallest absolute Gasteiger partial charge is 0.160 e. The van der Waals surface area contributed by atoms with Crippen LogP contribution in [0.2, 0.25) is 0 Å². The monoisotopic (exact) mass is 440 g/mol. The van der Waals surface area contributed by atoms with Gasteiger partial charge in [-0.05, 0) is 43.1 Å². The number of aliphatic hydroxyl groups is 1. The minimum Gasteiger partial charge on any atom is -0.392 e. The van der Waals surface area contributed by atoms with E-state index in [2.05, 4.69) is 26.8 Å². The van der Waals surface area contributed by atoms with E-state index in [1.807, 2.05) is 19.1 Å². The van der Waals surface area contributed by atoms with Crippen LogP contribution in [-0.4, -0.2) is 70.4 Å². The molecule has 1 aliphatic heterocycles. The molecule has 31 heavy (non-hydrogen) atoms. The average Bonchev–Trinajstić information content (AvgIpc) is 3.58. The van der Waals surface area contributed by atoms with E-state index in [-0.39, 0.29) is 42.7 Å². The van der Waals surface area contributed by atoms with Crippen molar-refractivity contribution in [3.8, 4) is 0 Å². The van der Waals surface area contributed by atoms with Crippen molar-refractivity contribution in [2.45, 2.75) is 83.8 Å². The fourth-order valence-electron chi connectivity index (χ4n) is 5.08. The number of aliphatic hydroxyl groups excluding tert-OH is 1. The number of methoxy groups -OCH3 is 4. The molecule has 2 aliphatic rings. The van der Waals surface area contributed by atoms with Crippen molar-refractivity contribution in [1.29, 1.82) is 0 Å². The van der Waals surface area contributed by atoms with Gasteiger partial charge in [0.25, 0.3) is 0 Å². The van der Waals surface area contributed by atoms with Crippen LogP contribution in [0.1, 0.15) is 47.0 Å². The van der Waals surface area contributed by atoms with E-state index in [1.165, 1.54) is 0 Å². The van der Waals surface area contributed by atoms with Crippen LogP contribution in [0.3, 0.4) is 0 Å². The first-order valence-electron chi connectivity index (χ1n) is 11.6. The molecule has 2 fully saturated rings. The number of rotatable bonds is 12. The molecule has 6 heteroatoms. The van der Waals surface area contributed by atoms with E-state index in [1.54, 1.807) is 28.4 Å². The highest BCUT2D eigenvalue weighted by molar-refractivity contribution is 5.18. The van der Waals surface area contributed by atoms with Gasteiger partial charge in [0, 0.05) is 40.8 Å². The molecule has 0 aromatic rings. The zero-order valence-electron chi connectivity index (χ0n) is 20.6. The molecule has 10 atom stereocenters. The predicted molar refractivity (Wildman–Crippen MR) is 122 cm³/mol. The quantitative estimate of drug-likeness (QED) is 0.463. The normalized spacial score (nSPS) is 35.7. The maximum absolute atomic E-state index is 10.8. The molecular weight excluding hydrogens is 396 g/mol. The summed E-state index contributed by atoms with van der Waals surface area (Å²) < 4.78 is 28.4. The fraction of sp³-hybridized carbons (Fsp3) is 0.840. The first-order chi connectivity index (χ1) is 14.8. The van der Waals surface area contributed by atoms with Crippen LogP contribution in [0.5, 0.6) is 0 Å². The van der Waals surface area contributed by atoms with Gasteiger partial charge in [0.1, 0.15) is 12.2 Å². The summed E-state index contributed by atoms with van der Waals surface area (Å²) in [5.41, 5.74) is 1.04. The molecule has 1 aliphatic carbocycles. The second kappa shape index (κ2) is 12.5. The molecule has 0 bridgehead atoms.